The van der Waals surface area contributed by atoms with Crippen molar-refractivity contribution in [1.82, 2.24) is 10.2 Å². The van der Waals surface area contributed by atoms with E-state index in [4.69, 9.17) is 10.6 Å². The Balaban J connectivity index is 1.71. The summed E-state index contributed by atoms with van der Waals surface area (Å²) in [4.78, 5) is 17.5. The summed E-state index contributed by atoms with van der Waals surface area (Å²) in [5, 5.41) is 12.3. The van der Waals surface area contributed by atoms with Crippen molar-refractivity contribution in [2.45, 2.75) is 6.92 Å². The van der Waals surface area contributed by atoms with E-state index < -0.39 is 5.97 Å². The maximum atomic E-state index is 12.0. The molecule has 0 saturated heterocycles. The summed E-state index contributed by atoms with van der Waals surface area (Å²) in [6, 6.07) is 13.1. The Morgan fingerprint density at radius 3 is 2.78 bits per heavy atom. The monoisotopic (exact) mass is 326 g/mol. The van der Waals surface area contributed by atoms with E-state index in [1.54, 1.807) is 12.1 Å². The van der Waals surface area contributed by atoms with Crippen LogP contribution in [0.25, 0.3) is 11.3 Å². The van der Waals surface area contributed by atoms with Gasteiger partial charge in [-0.1, -0.05) is 41.1 Å². The highest BCUT2D eigenvalue weighted by atomic mass is 32.1. The third-order valence-corrected chi connectivity index (χ3v) is 4.04. The van der Waals surface area contributed by atoms with Crippen molar-refractivity contribution in [1.29, 1.82) is 0 Å². The molecule has 3 rings (SSSR count). The molecule has 0 bridgehead atoms. The first kappa shape index (κ1) is 15.0. The number of hydrogen-bond acceptors (Lipinski definition) is 5. The number of aryl methyl sites for hydroxylation is 1. The van der Waals surface area contributed by atoms with Crippen molar-refractivity contribution in [3.63, 3.8) is 0 Å². The molecule has 0 amide bonds. The number of thiophene rings is 1. The maximum Gasteiger partial charge on any atom is 0.383 e. The van der Waals surface area contributed by atoms with Gasteiger partial charge in [0, 0.05) is 5.56 Å². The van der Waals surface area contributed by atoms with Crippen LogP contribution in [0.4, 0.5) is 0 Å². The third kappa shape index (κ3) is 3.46. The van der Waals surface area contributed by atoms with Crippen molar-refractivity contribution in [3.8, 4) is 11.3 Å². The van der Waals surface area contributed by atoms with E-state index in [1.807, 2.05) is 42.6 Å². The number of carbonyl (C=O) groups excluding carboxylic acids is 1. The molecule has 0 aliphatic heterocycles. The van der Waals surface area contributed by atoms with Crippen LogP contribution in [0.15, 0.2) is 53.0 Å². The van der Waals surface area contributed by atoms with E-state index in [1.165, 1.54) is 11.3 Å². The molecule has 23 heavy (non-hydrogen) atoms. The SMILES string of the molecule is Cc1ccc(-c2cc(C(=O)O/N=C(\N)c3cccs3)[nH]n2)cc1. The Morgan fingerprint density at radius 2 is 2.09 bits per heavy atom. The Hall–Kier alpha value is -2.93. The zero-order valence-corrected chi connectivity index (χ0v) is 13.1. The first-order valence-electron chi connectivity index (χ1n) is 6.84. The van der Waals surface area contributed by atoms with Gasteiger partial charge in [-0.2, -0.15) is 5.10 Å². The van der Waals surface area contributed by atoms with E-state index in [2.05, 4.69) is 15.4 Å². The highest BCUT2D eigenvalue weighted by Gasteiger charge is 2.13. The summed E-state index contributed by atoms with van der Waals surface area (Å²) in [6.07, 6.45) is 0. The summed E-state index contributed by atoms with van der Waals surface area (Å²) in [7, 11) is 0. The molecule has 0 aliphatic rings. The summed E-state index contributed by atoms with van der Waals surface area (Å²) < 4.78 is 0. The van der Waals surface area contributed by atoms with Crippen molar-refractivity contribution in [2.75, 3.05) is 0 Å². The van der Waals surface area contributed by atoms with Gasteiger partial charge in [-0.3, -0.25) is 5.10 Å². The lowest BCUT2D eigenvalue weighted by Gasteiger charge is -1.97. The van der Waals surface area contributed by atoms with Crippen LogP contribution in [-0.4, -0.2) is 22.0 Å². The lowest BCUT2D eigenvalue weighted by atomic mass is 10.1. The number of nitrogens with one attached hydrogen (secondary N) is 1. The number of aromatic nitrogens is 2. The Kier molecular flexibility index (Phi) is 4.20. The molecule has 7 heteroatoms. The van der Waals surface area contributed by atoms with Gasteiger partial charge in [-0.25, -0.2) is 4.79 Å². The quantitative estimate of drug-likeness (QED) is 0.334. The fourth-order valence-electron chi connectivity index (χ4n) is 1.91. The molecular weight excluding hydrogens is 312 g/mol. The number of H-pyrrole nitrogens is 1. The van der Waals surface area contributed by atoms with Crippen LogP contribution in [0.5, 0.6) is 0 Å². The van der Waals surface area contributed by atoms with Gasteiger partial charge >= 0.3 is 5.97 Å². The molecule has 2 heterocycles. The van der Waals surface area contributed by atoms with Crippen molar-refractivity contribution < 1.29 is 9.63 Å². The molecule has 3 aromatic rings. The highest BCUT2D eigenvalue weighted by molar-refractivity contribution is 7.12. The van der Waals surface area contributed by atoms with Gasteiger partial charge in [0.05, 0.1) is 10.6 Å². The fraction of sp³-hybridized carbons (Fsp3) is 0.0625. The number of aromatic amines is 1. The Bertz CT molecular complexity index is 835. The van der Waals surface area contributed by atoms with Crippen molar-refractivity contribution in [3.05, 3.63) is 64.0 Å². The lowest BCUT2D eigenvalue weighted by molar-refractivity contribution is 0.0509. The number of nitrogens with zero attached hydrogens (tertiary/aromatic N) is 2. The largest absolute Gasteiger partial charge is 0.383 e. The van der Waals surface area contributed by atoms with E-state index in [9.17, 15) is 4.79 Å². The number of hydrogen-bond donors (Lipinski definition) is 2. The summed E-state index contributed by atoms with van der Waals surface area (Å²) in [5.74, 6) is -0.484. The van der Waals surface area contributed by atoms with Crippen LogP contribution in [-0.2, 0) is 4.84 Å². The van der Waals surface area contributed by atoms with Gasteiger partial charge < -0.3 is 10.6 Å². The second kappa shape index (κ2) is 6.45. The first-order valence-corrected chi connectivity index (χ1v) is 7.72. The van der Waals surface area contributed by atoms with Gasteiger partial charge in [0.15, 0.2) is 5.84 Å². The second-order valence-corrected chi connectivity index (χ2v) is 5.81. The number of oxime groups is 1. The molecule has 2 aromatic heterocycles. The average molecular weight is 326 g/mol. The molecule has 0 aliphatic carbocycles. The highest BCUT2D eigenvalue weighted by Crippen LogP contribution is 2.18. The van der Waals surface area contributed by atoms with Crippen LogP contribution in [0.3, 0.4) is 0 Å². The van der Waals surface area contributed by atoms with E-state index >= 15 is 0 Å². The molecular formula is C16H14N4O2S. The predicted molar refractivity (Wildman–Crippen MR) is 89.2 cm³/mol. The van der Waals surface area contributed by atoms with Crippen LogP contribution in [0.2, 0.25) is 0 Å². The molecule has 0 fully saturated rings. The minimum absolute atomic E-state index is 0.159. The maximum absolute atomic E-state index is 12.0. The lowest BCUT2D eigenvalue weighted by Crippen LogP contribution is -2.13. The summed E-state index contributed by atoms with van der Waals surface area (Å²) >= 11 is 1.41. The van der Waals surface area contributed by atoms with Gasteiger partial charge in [-0.15, -0.1) is 11.3 Å². The van der Waals surface area contributed by atoms with Crippen LogP contribution >= 0.6 is 11.3 Å². The minimum atomic E-state index is -0.643. The third-order valence-electron chi connectivity index (χ3n) is 3.15. The zero-order chi connectivity index (χ0) is 16.2. The van der Waals surface area contributed by atoms with Crippen LogP contribution in [0, 0.1) is 6.92 Å². The Labute approximate surface area is 136 Å². The smallest absolute Gasteiger partial charge is 0.380 e. The normalized spacial score (nSPS) is 11.4. The Morgan fingerprint density at radius 1 is 1.30 bits per heavy atom. The molecule has 0 saturated carbocycles. The minimum Gasteiger partial charge on any atom is -0.380 e. The molecule has 116 valence electrons. The van der Waals surface area contributed by atoms with Crippen molar-refractivity contribution >= 4 is 23.1 Å². The molecule has 0 atom stereocenters. The van der Waals surface area contributed by atoms with E-state index in [0.717, 1.165) is 16.0 Å². The number of nitrogens with two attached hydrogens (primary N) is 1. The van der Waals surface area contributed by atoms with Crippen LogP contribution < -0.4 is 5.73 Å². The summed E-state index contributed by atoms with van der Waals surface area (Å²) in [5.41, 5.74) is 8.67. The van der Waals surface area contributed by atoms with Gasteiger partial charge in [0.2, 0.25) is 0 Å². The number of carbonyl (C=O) groups is 1. The topological polar surface area (TPSA) is 93.4 Å². The van der Waals surface area contributed by atoms with Crippen molar-refractivity contribution in [2.24, 2.45) is 10.9 Å². The van der Waals surface area contributed by atoms with Gasteiger partial charge in [-0.05, 0) is 24.4 Å². The number of amidine groups is 1. The number of rotatable bonds is 4. The van der Waals surface area contributed by atoms with Gasteiger partial charge in [0.1, 0.15) is 5.69 Å². The second-order valence-electron chi connectivity index (χ2n) is 4.87. The molecule has 6 nitrogen and oxygen atoms in total. The average Bonchev–Trinajstić information content (AvgIpc) is 3.24. The zero-order valence-electron chi connectivity index (χ0n) is 12.3. The molecule has 0 radical (unpaired) electrons. The standard InChI is InChI=1S/C16H14N4O2S/c1-10-4-6-11(7-5-10)12-9-13(19-18-12)16(21)22-20-15(17)14-3-2-8-23-14/h2-9H,1H3,(H2,17,20)(H,18,19). The molecule has 0 spiro atoms. The number of benzene rings is 1. The van der Waals surface area contributed by atoms with E-state index in [-0.39, 0.29) is 11.5 Å². The molecule has 3 N–H and O–H groups in total. The summed E-state index contributed by atoms with van der Waals surface area (Å²) in [6.45, 7) is 2.01. The van der Waals surface area contributed by atoms with Crippen LogP contribution in [0.1, 0.15) is 20.9 Å². The predicted octanol–water partition coefficient (Wildman–Crippen LogP) is 2.92. The van der Waals surface area contributed by atoms with Gasteiger partial charge in [0.25, 0.3) is 0 Å². The molecule has 1 aromatic carbocycles. The first-order chi connectivity index (χ1) is 11.1. The van der Waals surface area contributed by atoms with E-state index in [0.29, 0.717) is 5.69 Å². The molecule has 0 unspecified atom stereocenters. The fourth-order valence-corrected chi connectivity index (χ4v) is 2.53.